The normalized spacial score (nSPS) is 21.1. The number of halogens is 2. The van der Waals surface area contributed by atoms with Gasteiger partial charge >= 0.3 is 0 Å². The van der Waals surface area contributed by atoms with Crippen LogP contribution in [-0.4, -0.2) is 24.1 Å². The number of nitrogens with zero attached hydrogens (tertiary/aromatic N) is 1. The van der Waals surface area contributed by atoms with Crippen molar-refractivity contribution in [3.8, 4) is 0 Å². The SMILES string of the molecule is Clc1cnc(NC2CCNC2)c(Br)c1. The summed E-state index contributed by atoms with van der Waals surface area (Å²) >= 11 is 9.23. The summed E-state index contributed by atoms with van der Waals surface area (Å²) in [6, 6.07) is 2.32. The second-order valence-corrected chi connectivity index (χ2v) is 4.61. The summed E-state index contributed by atoms with van der Waals surface area (Å²) in [5.74, 6) is 0.864. The molecule has 0 amide bonds. The number of anilines is 1. The van der Waals surface area contributed by atoms with Gasteiger partial charge in [0.15, 0.2) is 0 Å². The maximum absolute atomic E-state index is 5.80. The van der Waals surface area contributed by atoms with Crippen LogP contribution in [0.1, 0.15) is 6.42 Å². The van der Waals surface area contributed by atoms with E-state index in [-0.39, 0.29) is 0 Å². The van der Waals surface area contributed by atoms with Gasteiger partial charge in [0.1, 0.15) is 5.82 Å². The van der Waals surface area contributed by atoms with E-state index in [9.17, 15) is 0 Å². The predicted molar refractivity (Wildman–Crippen MR) is 61.8 cm³/mol. The lowest BCUT2D eigenvalue weighted by Crippen LogP contribution is -2.22. The van der Waals surface area contributed by atoms with E-state index in [0.717, 1.165) is 29.8 Å². The van der Waals surface area contributed by atoms with Gasteiger partial charge in [-0.15, -0.1) is 0 Å². The lowest BCUT2D eigenvalue weighted by atomic mass is 10.2. The van der Waals surface area contributed by atoms with Crippen molar-refractivity contribution in [3.05, 3.63) is 21.8 Å². The van der Waals surface area contributed by atoms with Crippen molar-refractivity contribution >= 4 is 33.3 Å². The van der Waals surface area contributed by atoms with E-state index >= 15 is 0 Å². The van der Waals surface area contributed by atoms with Crippen molar-refractivity contribution in [1.82, 2.24) is 10.3 Å². The minimum absolute atomic E-state index is 0.472. The van der Waals surface area contributed by atoms with Crippen LogP contribution < -0.4 is 10.6 Å². The van der Waals surface area contributed by atoms with Gasteiger partial charge in [-0.3, -0.25) is 0 Å². The lowest BCUT2D eigenvalue weighted by Gasteiger charge is -2.13. The molecule has 0 radical (unpaired) electrons. The molecular weight excluding hydrogens is 265 g/mol. The highest BCUT2D eigenvalue weighted by molar-refractivity contribution is 9.10. The zero-order valence-electron chi connectivity index (χ0n) is 7.56. The minimum atomic E-state index is 0.472. The Hall–Kier alpha value is -0.320. The van der Waals surface area contributed by atoms with E-state index in [1.54, 1.807) is 6.20 Å². The Morgan fingerprint density at radius 3 is 3.14 bits per heavy atom. The summed E-state index contributed by atoms with van der Waals surface area (Å²) in [5, 5.41) is 7.29. The standard InChI is InChI=1S/C9H11BrClN3/c10-8-3-6(11)4-13-9(8)14-7-1-2-12-5-7/h3-4,7,12H,1-2,5H2,(H,13,14). The van der Waals surface area contributed by atoms with Gasteiger partial charge in [-0.1, -0.05) is 11.6 Å². The molecule has 76 valence electrons. The Kier molecular flexibility index (Phi) is 3.26. The van der Waals surface area contributed by atoms with Crippen molar-refractivity contribution in [3.63, 3.8) is 0 Å². The van der Waals surface area contributed by atoms with Crippen LogP contribution in [0.3, 0.4) is 0 Å². The Labute approximate surface area is 96.4 Å². The summed E-state index contributed by atoms with van der Waals surface area (Å²) in [4.78, 5) is 4.22. The Balaban J connectivity index is 2.08. The molecule has 2 rings (SSSR count). The molecule has 1 unspecified atom stereocenters. The van der Waals surface area contributed by atoms with Gasteiger partial charge in [-0.25, -0.2) is 4.98 Å². The molecule has 1 aliphatic rings. The second kappa shape index (κ2) is 4.47. The molecule has 0 bridgehead atoms. The van der Waals surface area contributed by atoms with E-state index in [4.69, 9.17) is 11.6 Å². The predicted octanol–water partition coefficient (Wildman–Crippen LogP) is 2.27. The molecule has 1 fully saturated rings. The maximum Gasteiger partial charge on any atom is 0.140 e. The molecule has 1 aromatic heterocycles. The highest BCUT2D eigenvalue weighted by atomic mass is 79.9. The average Bonchev–Trinajstić information content (AvgIpc) is 2.62. The molecule has 0 aromatic carbocycles. The van der Waals surface area contributed by atoms with E-state index in [1.165, 1.54) is 0 Å². The molecule has 1 aliphatic heterocycles. The third-order valence-corrected chi connectivity index (χ3v) is 3.02. The summed E-state index contributed by atoms with van der Waals surface area (Å²) in [6.07, 6.45) is 2.79. The Bertz CT molecular complexity index is 326. The first-order valence-electron chi connectivity index (χ1n) is 4.54. The molecule has 1 aromatic rings. The topological polar surface area (TPSA) is 37.0 Å². The van der Waals surface area contributed by atoms with Crippen molar-refractivity contribution in [2.45, 2.75) is 12.5 Å². The highest BCUT2D eigenvalue weighted by Crippen LogP contribution is 2.24. The van der Waals surface area contributed by atoms with Crippen LogP contribution in [-0.2, 0) is 0 Å². The molecule has 14 heavy (non-hydrogen) atoms. The molecule has 0 aliphatic carbocycles. The minimum Gasteiger partial charge on any atom is -0.365 e. The van der Waals surface area contributed by atoms with Gasteiger partial charge in [-0.2, -0.15) is 0 Å². The third-order valence-electron chi connectivity index (χ3n) is 2.21. The van der Waals surface area contributed by atoms with Crippen LogP contribution in [0.15, 0.2) is 16.7 Å². The molecule has 1 saturated heterocycles. The molecule has 5 heteroatoms. The number of hydrogen-bond acceptors (Lipinski definition) is 3. The van der Waals surface area contributed by atoms with Gasteiger partial charge in [0.05, 0.1) is 9.50 Å². The van der Waals surface area contributed by atoms with E-state index in [1.807, 2.05) is 6.07 Å². The van der Waals surface area contributed by atoms with Crippen LogP contribution in [0.2, 0.25) is 5.02 Å². The zero-order chi connectivity index (χ0) is 9.97. The summed E-state index contributed by atoms with van der Waals surface area (Å²) in [6.45, 7) is 2.07. The molecule has 2 heterocycles. The molecule has 1 atom stereocenters. The highest BCUT2D eigenvalue weighted by Gasteiger charge is 2.15. The second-order valence-electron chi connectivity index (χ2n) is 3.32. The van der Waals surface area contributed by atoms with Gasteiger partial charge in [0, 0.05) is 18.8 Å². The van der Waals surface area contributed by atoms with Crippen molar-refractivity contribution < 1.29 is 0 Å². The van der Waals surface area contributed by atoms with Gasteiger partial charge in [0.2, 0.25) is 0 Å². The maximum atomic E-state index is 5.80. The Morgan fingerprint density at radius 1 is 1.64 bits per heavy atom. The molecule has 3 nitrogen and oxygen atoms in total. The monoisotopic (exact) mass is 275 g/mol. The average molecular weight is 277 g/mol. The van der Waals surface area contributed by atoms with Crippen LogP contribution in [0, 0.1) is 0 Å². The lowest BCUT2D eigenvalue weighted by molar-refractivity contribution is 0.787. The van der Waals surface area contributed by atoms with Crippen LogP contribution >= 0.6 is 27.5 Å². The van der Waals surface area contributed by atoms with E-state index in [2.05, 4.69) is 31.5 Å². The van der Waals surface area contributed by atoms with E-state index < -0.39 is 0 Å². The third kappa shape index (κ3) is 2.38. The van der Waals surface area contributed by atoms with Crippen LogP contribution in [0.4, 0.5) is 5.82 Å². The van der Waals surface area contributed by atoms with Crippen LogP contribution in [0.5, 0.6) is 0 Å². The summed E-state index contributed by atoms with van der Waals surface area (Å²) < 4.78 is 0.914. The summed E-state index contributed by atoms with van der Waals surface area (Å²) in [5.41, 5.74) is 0. The largest absolute Gasteiger partial charge is 0.365 e. The zero-order valence-corrected chi connectivity index (χ0v) is 9.90. The number of aromatic nitrogens is 1. The number of nitrogens with one attached hydrogen (secondary N) is 2. The first-order chi connectivity index (χ1) is 6.75. The molecule has 0 spiro atoms. The van der Waals surface area contributed by atoms with Crippen molar-refractivity contribution in [1.29, 1.82) is 0 Å². The van der Waals surface area contributed by atoms with E-state index in [0.29, 0.717) is 11.1 Å². The van der Waals surface area contributed by atoms with Gasteiger partial charge in [-0.05, 0) is 35.0 Å². The van der Waals surface area contributed by atoms with Gasteiger partial charge in [0.25, 0.3) is 0 Å². The number of rotatable bonds is 2. The first kappa shape index (κ1) is 10.2. The van der Waals surface area contributed by atoms with Crippen LogP contribution in [0.25, 0.3) is 0 Å². The smallest absolute Gasteiger partial charge is 0.140 e. The molecule has 0 saturated carbocycles. The van der Waals surface area contributed by atoms with Crippen molar-refractivity contribution in [2.75, 3.05) is 18.4 Å². The Morgan fingerprint density at radius 2 is 2.50 bits per heavy atom. The van der Waals surface area contributed by atoms with Gasteiger partial charge < -0.3 is 10.6 Å². The quantitative estimate of drug-likeness (QED) is 0.870. The number of pyridine rings is 1. The van der Waals surface area contributed by atoms with Crippen molar-refractivity contribution in [2.24, 2.45) is 0 Å². The number of hydrogen-bond donors (Lipinski definition) is 2. The summed E-state index contributed by atoms with van der Waals surface area (Å²) in [7, 11) is 0. The molecular formula is C9H11BrClN3. The fourth-order valence-electron chi connectivity index (χ4n) is 1.49. The fourth-order valence-corrected chi connectivity index (χ4v) is 2.25. The molecule has 2 N–H and O–H groups in total. The first-order valence-corrected chi connectivity index (χ1v) is 5.71. The fraction of sp³-hybridized carbons (Fsp3) is 0.444.